The second-order valence-corrected chi connectivity index (χ2v) is 6.17. The smallest absolute Gasteiger partial charge is 0.0431 e. The number of aliphatic hydroxyl groups excluding tert-OH is 1. The predicted octanol–water partition coefficient (Wildman–Crippen LogP) is 6.24. The molecule has 0 fully saturated rings. The summed E-state index contributed by atoms with van der Waals surface area (Å²) in [5, 5.41) is 8.68. The molecule has 0 spiro atoms. The molecule has 0 aromatic carbocycles. The van der Waals surface area contributed by atoms with E-state index in [1.54, 1.807) is 0 Å². The van der Waals surface area contributed by atoms with Crippen LogP contribution in [0, 0.1) is 11.8 Å². The number of rotatable bonds is 15. The van der Waals surface area contributed by atoms with Crippen LogP contribution in [0.25, 0.3) is 0 Å². The first kappa shape index (κ1) is 20.5. The van der Waals surface area contributed by atoms with E-state index < -0.39 is 0 Å². The van der Waals surface area contributed by atoms with Gasteiger partial charge in [-0.2, -0.15) is 0 Å². The van der Waals surface area contributed by atoms with E-state index in [1.807, 2.05) is 0 Å². The minimum Gasteiger partial charge on any atom is -0.396 e. The molecule has 0 aromatic heterocycles. The summed E-state index contributed by atoms with van der Waals surface area (Å²) >= 11 is 0. The summed E-state index contributed by atoms with van der Waals surface area (Å²) in [5.41, 5.74) is 0. The second-order valence-electron chi connectivity index (χ2n) is 6.17. The van der Waals surface area contributed by atoms with Crippen molar-refractivity contribution in [2.24, 2.45) is 0 Å². The van der Waals surface area contributed by atoms with Gasteiger partial charge in [-0.25, -0.2) is 0 Å². The molecule has 0 radical (unpaired) electrons. The molecule has 0 saturated heterocycles. The Morgan fingerprint density at radius 1 is 0.524 bits per heavy atom. The first-order valence-corrected chi connectivity index (χ1v) is 9.48. The summed E-state index contributed by atoms with van der Waals surface area (Å²) in [5.74, 6) is 6.66. The number of aliphatic hydroxyl groups is 1. The van der Waals surface area contributed by atoms with E-state index in [0.717, 1.165) is 19.3 Å². The van der Waals surface area contributed by atoms with Crippen LogP contribution in [0.2, 0.25) is 0 Å². The monoisotopic (exact) mass is 294 g/mol. The van der Waals surface area contributed by atoms with Crippen molar-refractivity contribution in [1.82, 2.24) is 0 Å². The lowest BCUT2D eigenvalue weighted by atomic mass is 10.1. The standard InChI is InChI=1S/C20H38O/c1-2-3-4-5-6-7-8-9-10-11-12-13-14-15-16-17-18-19-20-21/h21H,2-8,11-20H2,1H3. The molecule has 124 valence electrons. The average Bonchev–Trinajstić information content (AvgIpc) is 2.50. The third-order valence-electron chi connectivity index (χ3n) is 3.99. The first-order valence-electron chi connectivity index (χ1n) is 9.48. The van der Waals surface area contributed by atoms with E-state index in [1.165, 1.54) is 83.5 Å². The highest BCUT2D eigenvalue weighted by atomic mass is 16.2. The molecule has 21 heavy (non-hydrogen) atoms. The minimum absolute atomic E-state index is 0.359. The maximum absolute atomic E-state index is 8.68. The predicted molar refractivity (Wildman–Crippen MR) is 94.4 cm³/mol. The zero-order valence-electron chi connectivity index (χ0n) is 14.5. The lowest BCUT2D eigenvalue weighted by Crippen LogP contribution is -1.84. The van der Waals surface area contributed by atoms with Gasteiger partial charge in [0.2, 0.25) is 0 Å². The Hall–Kier alpha value is -0.480. The summed E-state index contributed by atoms with van der Waals surface area (Å²) in [6.45, 7) is 2.63. The molecule has 0 amide bonds. The third-order valence-corrected chi connectivity index (χ3v) is 3.99. The summed E-state index contributed by atoms with van der Waals surface area (Å²) in [7, 11) is 0. The fourth-order valence-electron chi connectivity index (χ4n) is 2.56. The molecule has 1 heteroatoms. The molecular weight excluding hydrogens is 256 g/mol. The normalized spacial score (nSPS) is 10.4. The van der Waals surface area contributed by atoms with Gasteiger partial charge in [0.25, 0.3) is 0 Å². The molecule has 0 aliphatic heterocycles. The second kappa shape index (κ2) is 19.5. The molecule has 0 atom stereocenters. The molecular formula is C20H38O. The Balaban J connectivity index is 3.06. The SMILES string of the molecule is CCCCCCCCC#CCCCCCCCCCCO. The molecule has 0 aliphatic carbocycles. The fourth-order valence-corrected chi connectivity index (χ4v) is 2.56. The van der Waals surface area contributed by atoms with Crippen molar-refractivity contribution in [2.45, 2.75) is 110 Å². The molecule has 0 aliphatic rings. The molecule has 0 heterocycles. The Labute approximate surface area is 133 Å². The molecule has 0 rings (SSSR count). The van der Waals surface area contributed by atoms with Crippen molar-refractivity contribution >= 4 is 0 Å². The van der Waals surface area contributed by atoms with Crippen molar-refractivity contribution < 1.29 is 5.11 Å². The van der Waals surface area contributed by atoms with Gasteiger partial charge in [0.1, 0.15) is 0 Å². The zero-order chi connectivity index (χ0) is 15.4. The van der Waals surface area contributed by atoms with E-state index in [2.05, 4.69) is 18.8 Å². The van der Waals surface area contributed by atoms with Crippen LogP contribution in [0.1, 0.15) is 110 Å². The maximum atomic E-state index is 8.68. The van der Waals surface area contributed by atoms with Crippen molar-refractivity contribution in [3.05, 3.63) is 0 Å². The van der Waals surface area contributed by atoms with Gasteiger partial charge in [0, 0.05) is 19.4 Å². The highest BCUT2D eigenvalue weighted by molar-refractivity contribution is 4.98. The number of hydrogen-bond donors (Lipinski definition) is 1. The van der Waals surface area contributed by atoms with Crippen molar-refractivity contribution in [3.63, 3.8) is 0 Å². The van der Waals surface area contributed by atoms with E-state index in [9.17, 15) is 0 Å². The molecule has 0 bridgehead atoms. The lowest BCUT2D eigenvalue weighted by Gasteiger charge is -2.00. The van der Waals surface area contributed by atoms with Crippen molar-refractivity contribution in [1.29, 1.82) is 0 Å². The van der Waals surface area contributed by atoms with Gasteiger partial charge in [-0.05, 0) is 19.3 Å². The van der Waals surface area contributed by atoms with Gasteiger partial charge < -0.3 is 5.11 Å². The highest BCUT2D eigenvalue weighted by Gasteiger charge is 1.91. The molecule has 1 nitrogen and oxygen atoms in total. The van der Waals surface area contributed by atoms with E-state index >= 15 is 0 Å². The molecule has 0 aromatic rings. The van der Waals surface area contributed by atoms with Crippen LogP contribution in [0.3, 0.4) is 0 Å². The van der Waals surface area contributed by atoms with Crippen molar-refractivity contribution in [2.75, 3.05) is 6.61 Å². The Morgan fingerprint density at radius 3 is 1.33 bits per heavy atom. The Kier molecular flexibility index (Phi) is 19.1. The van der Waals surface area contributed by atoms with Gasteiger partial charge >= 0.3 is 0 Å². The van der Waals surface area contributed by atoms with E-state index in [4.69, 9.17) is 5.11 Å². The zero-order valence-corrected chi connectivity index (χ0v) is 14.5. The quantitative estimate of drug-likeness (QED) is 0.280. The Bertz CT molecular complexity index is 236. The van der Waals surface area contributed by atoms with Crippen LogP contribution in [0.15, 0.2) is 0 Å². The van der Waals surface area contributed by atoms with E-state index in [0.29, 0.717) is 6.61 Å². The number of unbranched alkanes of at least 4 members (excludes halogenated alkanes) is 14. The maximum Gasteiger partial charge on any atom is 0.0431 e. The summed E-state index contributed by atoms with van der Waals surface area (Å²) < 4.78 is 0. The number of hydrogen-bond acceptors (Lipinski definition) is 1. The fraction of sp³-hybridized carbons (Fsp3) is 0.900. The van der Waals surface area contributed by atoms with Gasteiger partial charge in [-0.15, -0.1) is 11.8 Å². The summed E-state index contributed by atoms with van der Waals surface area (Å²) in [6, 6.07) is 0. The third kappa shape index (κ3) is 19.5. The minimum atomic E-state index is 0.359. The van der Waals surface area contributed by atoms with Crippen molar-refractivity contribution in [3.8, 4) is 11.8 Å². The van der Waals surface area contributed by atoms with Crippen LogP contribution in [0.4, 0.5) is 0 Å². The summed E-state index contributed by atoms with van der Waals surface area (Å²) in [4.78, 5) is 0. The van der Waals surface area contributed by atoms with Crippen LogP contribution in [-0.4, -0.2) is 11.7 Å². The molecule has 1 N–H and O–H groups in total. The molecule has 0 saturated carbocycles. The van der Waals surface area contributed by atoms with Crippen LogP contribution in [0.5, 0.6) is 0 Å². The van der Waals surface area contributed by atoms with Gasteiger partial charge in [0.15, 0.2) is 0 Å². The Morgan fingerprint density at radius 2 is 0.905 bits per heavy atom. The van der Waals surface area contributed by atoms with Gasteiger partial charge in [-0.1, -0.05) is 77.6 Å². The highest BCUT2D eigenvalue weighted by Crippen LogP contribution is 2.09. The van der Waals surface area contributed by atoms with Gasteiger partial charge in [-0.3, -0.25) is 0 Å². The summed E-state index contributed by atoms with van der Waals surface area (Å²) in [6.07, 6.45) is 20.5. The van der Waals surface area contributed by atoms with Crippen LogP contribution < -0.4 is 0 Å². The first-order chi connectivity index (χ1) is 10.4. The van der Waals surface area contributed by atoms with Crippen LogP contribution >= 0.6 is 0 Å². The lowest BCUT2D eigenvalue weighted by molar-refractivity contribution is 0.282. The van der Waals surface area contributed by atoms with E-state index in [-0.39, 0.29) is 0 Å². The van der Waals surface area contributed by atoms with Crippen LogP contribution in [-0.2, 0) is 0 Å². The van der Waals surface area contributed by atoms with Gasteiger partial charge in [0.05, 0.1) is 0 Å². The topological polar surface area (TPSA) is 20.2 Å². The average molecular weight is 295 g/mol. The largest absolute Gasteiger partial charge is 0.396 e. The molecule has 0 unspecified atom stereocenters.